The van der Waals surface area contributed by atoms with Crippen LogP contribution < -0.4 is 5.32 Å². The van der Waals surface area contributed by atoms with Gasteiger partial charge < -0.3 is 15.1 Å². The molecule has 152 valence electrons. The number of carbonyl (C=O) groups excluding carboxylic acids is 2. The second kappa shape index (κ2) is 6.53. The minimum atomic E-state index is -0.246. The Morgan fingerprint density at radius 1 is 1.24 bits per heavy atom. The quantitative estimate of drug-likeness (QED) is 0.834. The van der Waals surface area contributed by atoms with Crippen LogP contribution in [0.3, 0.4) is 0 Å². The lowest BCUT2D eigenvalue weighted by Crippen LogP contribution is -2.54. The topological polar surface area (TPSA) is 96.2 Å². The van der Waals surface area contributed by atoms with E-state index in [4.69, 9.17) is 4.98 Å². The monoisotopic (exact) mass is 395 g/mol. The van der Waals surface area contributed by atoms with Crippen LogP contribution >= 0.6 is 0 Å². The highest BCUT2D eigenvalue weighted by Gasteiger charge is 2.46. The van der Waals surface area contributed by atoms with E-state index in [1.807, 2.05) is 11.9 Å². The van der Waals surface area contributed by atoms with Gasteiger partial charge in [-0.05, 0) is 31.7 Å². The minimum Gasteiger partial charge on any atom is -0.351 e. The van der Waals surface area contributed by atoms with Crippen LogP contribution in [0.2, 0.25) is 0 Å². The maximum Gasteiger partial charge on any atom is 0.272 e. The Balaban J connectivity index is 1.42. The number of aryl methyl sites for hydroxylation is 1. The van der Waals surface area contributed by atoms with Crippen molar-refractivity contribution in [3.8, 4) is 0 Å². The molecule has 0 atom stereocenters. The molecule has 0 bridgehead atoms. The van der Waals surface area contributed by atoms with Crippen molar-refractivity contribution < 1.29 is 9.59 Å². The van der Waals surface area contributed by atoms with Crippen molar-refractivity contribution in [3.05, 3.63) is 35.4 Å². The molecule has 2 fully saturated rings. The molecule has 1 saturated heterocycles. The van der Waals surface area contributed by atoms with Crippen LogP contribution in [0, 0.1) is 0 Å². The molecular weight excluding hydrogens is 370 g/mol. The van der Waals surface area contributed by atoms with Gasteiger partial charge in [0.05, 0.1) is 11.3 Å². The summed E-state index contributed by atoms with van der Waals surface area (Å²) >= 11 is 0. The van der Waals surface area contributed by atoms with Crippen LogP contribution in [0.25, 0.3) is 0 Å². The number of nitrogens with one attached hydrogen (secondary N) is 1. The maximum absolute atomic E-state index is 12.9. The smallest absolute Gasteiger partial charge is 0.272 e. The minimum absolute atomic E-state index is 0.000842. The average molecular weight is 395 g/mol. The maximum atomic E-state index is 12.9. The van der Waals surface area contributed by atoms with E-state index in [-0.39, 0.29) is 17.2 Å². The zero-order valence-electron chi connectivity index (χ0n) is 16.8. The van der Waals surface area contributed by atoms with Gasteiger partial charge >= 0.3 is 0 Å². The standard InChI is InChI=1S/C20H25N7O2/c1-25-12-20(6-9-27(10-7-20)18(29)15-5-8-22-26(15)2)16-14(17(25)28)11-21-19(24-16)23-13-3-4-13/h5,8,11,13H,3-4,6-7,9-10,12H2,1-2H3,(H,21,23,24). The third-order valence-corrected chi connectivity index (χ3v) is 6.37. The van der Waals surface area contributed by atoms with Crippen molar-refractivity contribution in [2.45, 2.75) is 37.1 Å². The molecule has 1 aliphatic carbocycles. The molecule has 1 saturated carbocycles. The number of rotatable bonds is 3. The summed E-state index contributed by atoms with van der Waals surface area (Å²) in [4.78, 5) is 38.4. The van der Waals surface area contributed by atoms with Crippen LogP contribution in [0.1, 0.15) is 52.2 Å². The first-order valence-corrected chi connectivity index (χ1v) is 10.1. The number of hydrogen-bond acceptors (Lipinski definition) is 6. The first-order chi connectivity index (χ1) is 14.0. The number of carbonyl (C=O) groups is 2. The molecule has 2 aromatic heterocycles. The Morgan fingerprint density at radius 2 is 2.00 bits per heavy atom. The van der Waals surface area contributed by atoms with Gasteiger partial charge in [0.25, 0.3) is 11.8 Å². The van der Waals surface area contributed by atoms with Crippen molar-refractivity contribution in [2.24, 2.45) is 7.05 Å². The van der Waals surface area contributed by atoms with E-state index in [0.717, 1.165) is 31.4 Å². The normalized spacial score (nSPS) is 20.7. The molecule has 2 aromatic rings. The van der Waals surface area contributed by atoms with E-state index in [0.29, 0.717) is 42.9 Å². The lowest BCUT2D eigenvalue weighted by Gasteiger charge is -2.46. The highest BCUT2D eigenvalue weighted by molar-refractivity contribution is 5.97. The fraction of sp³-hybridized carbons (Fsp3) is 0.550. The number of fused-ring (bicyclic) bond motifs is 2. The van der Waals surface area contributed by atoms with Gasteiger partial charge in [-0.15, -0.1) is 0 Å². The zero-order chi connectivity index (χ0) is 20.2. The molecule has 5 rings (SSSR count). The van der Waals surface area contributed by atoms with Gasteiger partial charge in [0, 0.05) is 57.6 Å². The van der Waals surface area contributed by atoms with Crippen molar-refractivity contribution in [1.82, 2.24) is 29.5 Å². The van der Waals surface area contributed by atoms with E-state index >= 15 is 0 Å². The van der Waals surface area contributed by atoms with Crippen molar-refractivity contribution in [3.63, 3.8) is 0 Å². The molecule has 29 heavy (non-hydrogen) atoms. The van der Waals surface area contributed by atoms with E-state index in [1.165, 1.54) is 0 Å². The summed E-state index contributed by atoms with van der Waals surface area (Å²) in [6.45, 7) is 1.87. The predicted molar refractivity (Wildman–Crippen MR) is 106 cm³/mol. The first kappa shape index (κ1) is 18.1. The largest absolute Gasteiger partial charge is 0.351 e. The molecule has 2 amide bonds. The molecule has 9 heteroatoms. The summed E-state index contributed by atoms with van der Waals surface area (Å²) in [5.74, 6) is 0.576. The number of anilines is 1. The third-order valence-electron chi connectivity index (χ3n) is 6.37. The van der Waals surface area contributed by atoms with E-state index < -0.39 is 0 Å². The number of likely N-dealkylation sites (tertiary alicyclic amines) is 1. The predicted octanol–water partition coefficient (Wildman–Crippen LogP) is 1.04. The number of piperidine rings is 1. The van der Waals surface area contributed by atoms with Gasteiger partial charge in [0.2, 0.25) is 5.95 Å². The first-order valence-electron chi connectivity index (χ1n) is 10.1. The van der Waals surface area contributed by atoms with Crippen LogP contribution in [-0.2, 0) is 12.5 Å². The van der Waals surface area contributed by atoms with Crippen LogP contribution in [-0.4, -0.2) is 74.1 Å². The fourth-order valence-electron chi connectivity index (χ4n) is 4.51. The van der Waals surface area contributed by atoms with Crippen LogP contribution in [0.5, 0.6) is 0 Å². The summed E-state index contributed by atoms with van der Waals surface area (Å²) in [5.41, 5.74) is 1.78. The Kier molecular flexibility index (Phi) is 4.07. The highest BCUT2D eigenvalue weighted by Crippen LogP contribution is 2.41. The Bertz CT molecular complexity index is 973. The van der Waals surface area contributed by atoms with Gasteiger partial charge in [-0.2, -0.15) is 5.10 Å². The number of aromatic nitrogens is 4. The Labute approximate surface area is 169 Å². The fourth-order valence-corrected chi connectivity index (χ4v) is 4.51. The van der Waals surface area contributed by atoms with Gasteiger partial charge in [-0.3, -0.25) is 14.3 Å². The van der Waals surface area contributed by atoms with Crippen molar-refractivity contribution >= 4 is 17.8 Å². The second-order valence-corrected chi connectivity index (χ2v) is 8.45. The van der Waals surface area contributed by atoms with E-state index in [2.05, 4.69) is 15.4 Å². The highest BCUT2D eigenvalue weighted by atomic mass is 16.2. The van der Waals surface area contributed by atoms with Crippen molar-refractivity contribution in [2.75, 3.05) is 32.0 Å². The van der Waals surface area contributed by atoms with Crippen LogP contribution in [0.4, 0.5) is 5.95 Å². The molecule has 2 aliphatic heterocycles. The van der Waals surface area contributed by atoms with Crippen LogP contribution in [0.15, 0.2) is 18.5 Å². The number of amides is 2. The molecular formula is C20H25N7O2. The molecule has 0 radical (unpaired) electrons. The number of nitrogens with zero attached hydrogens (tertiary/aromatic N) is 6. The molecule has 0 aromatic carbocycles. The van der Waals surface area contributed by atoms with E-state index in [9.17, 15) is 9.59 Å². The number of likely N-dealkylation sites (N-methyl/N-ethyl adjacent to an activating group) is 1. The molecule has 4 heterocycles. The summed E-state index contributed by atoms with van der Waals surface area (Å²) in [6, 6.07) is 2.20. The lowest BCUT2D eigenvalue weighted by molar-refractivity contribution is 0.0535. The van der Waals surface area contributed by atoms with Gasteiger partial charge in [-0.25, -0.2) is 9.97 Å². The lowest BCUT2D eigenvalue weighted by atomic mass is 9.71. The van der Waals surface area contributed by atoms with Gasteiger partial charge in [-0.1, -0.05) is 0 Å². The third kappa shape index (κ3) is 3.04. The van der Waals surface area contributed by atoms with E-state index in [1.54, 1.807) is 35.1 Å². The summed E-state index contributed by atoms with van der Waals surface area (Å²) in [5, 5.41) is 7.45. The molecule has 1 spiro atoms. The molecule has 9 nitrogen and oxygen atoms in total. The van der Waals surface area contributed by atoms with Gasteiger partial charge in [0.15, 0.2) is 0 Å². The number of hydrogen-bond donors (Lipinski definition) is 1. The summed E-state index contributed by atoms with van der Waals surface area (Å²) in [7, 11) is 3.61. The average Bonchev–Trinajstić information content (AvgIpc) is 3.43. The Morgan fingerprint density at radius 3 is 2.66 bits per heavy atom. The molecule has 0 unspecified atom stereocenters. The van der Waals surface area contributed by atoms with Gasteiger partial charge in [0.1, 0.15) is 5.69 Å². The Hall–Kier alpha value is -2.97. The molecule has 1 N–H and O–H groups in total. The summed E-state index contributed by atoms with van der Waals surface area (Å²) in [6.07, 6.45) is 7.11. The van der Waals surface area contributed by atoms with Crippen molar-refractivity contribution in [1.29, 1.82) is 0 Å². The second-order valence-electron chi connectivity index (χ2n) is 8.45. The zero-order valence-corrected chi connectivity index (χ0v) is 16.8. The SMILES string of the molecule is CN1CC2(CCN(C(=O)c3ccnn3C)CC2)c2nc(NC3CC3)ncc2C1=O. The molecule has 3 aliphatic rings. The summed E-state index contributed by atoms with van der Waals surface area (Å²) < 4.78 is 1.61.